The lowest BCUT2D eigenvalue weighted by Crippen LogP contribution is -3.11. The standard InChI is InChI=1S/C18H27N3O3S/c1-15-7-8-16(25(23,24)21-11-3-2-4-12-21)13-17(15)19-18(22)14-20-9-5-6-10-20/h7-8,13H,2-6,9-12,14H2,1H3,(H,19,22)/p+1. The first kappa shape index (κ1) is 18.4. The van der Waals surface area contributed by atoms with Gasteiger partial charge in [0.05, 0.1) is 18.0 Å². The highest BCUT2D eigenvalue weighted by molar-refractivity contribution is 7.89. The molecule has 2 aliphatic heterocycles. The number of nitrogens with one attached hydrogen (secondary N) is 2. The van der Waals surface area contributed by atoms with Crippen LogP contribution in [0, 0.1) is 6.92 Å². The van der Waals surface area contributed by atoms with Gasteiger partial charge >= 0.3 is 0 Å². The van der Waals surface area contributed by atoms with Crippen molar-refractivity contribution in [1.82, 2.24) is 4.31 Å². The third kappa shape index (κ3) is 4.40. The Hall–Kier alpha value is -1.44. The first-order valence-corrected chi connectivity index (χ1v) is 10.6. The highest BCUT2D eigenvalue weighted by Gasteiger charge is 2.27. The van der Waals surface area contributed by atoms with Gasteiger partial charge in [-0.15, -0.1) is 0 Å². The second-order valence-corrected chi connectivity index (χ2v) is 9.06. The molecule has 0 aliphatic carbocycles. The van der Waals surface area contributed by atoms with Crippen LogP contribution in [0.1, 0.15) is 37.7 Å². The van der Waals surface area contributed by atoms with E-state index in [-0.39, 0.29) is 10.8 Å². The molecule has 25 heavy (non-hydrogen) atoms. The Morgan fingerprint density at radius 1 is 1.12 bits per heavy atom. The first-order chi connectivity index (χ1) is 12.0. The maximum absolute atomic E-state index is 12.8. The van der Waals surface area contributed by atoms with Gasteiger partial charge in [-0.25, -0.2) is 8.42 Å². The van der Waals surface area contributed by atoms with E-state index in [0.717, 1.165) is 37.9 Å². The van der Waals surface area contributed by atoms with Gasteiger partial charge in [0.1, 0.15) is 0 Å². The Balaban J connectivity index is 1.74. The smallest absolute Gasteiger partial charge is 0.279 e. The van der Waals surface area contributed by atoms with E-state index >= 15 is 0 Å². The molecule has 2 saturated heterocycles. The van der Waals surface area contributed by atoms with Gasteiger partial charge in [-0.05, 0) is 37.5 Å². The van der Waals surface area contributed by atoms with Crippen LogP contribution in [0.5, 0.6) is 0 Å². The molecule has 7 heteroatoms. The minimum absolute atomic E-state index is 0.0486. The SMILES string of the molecule is Cc1ccc(S(=O)(=O)N2CCCCC2)cc1NC(=O)C[NH+]1CCCC1. The number of rotatable bonds is 5. The summed E-state index contributed by atoms with van der Waals surface area (Å²) in [7, 11) is -3.48. The van der Waals surface area contributed by atoms with E-state index in [1.54, 1.807) is 22.5 Å². The first-order valence-electron chi connectivity index (χ1n) is 9.21. The van der Waals surface area contributed by atoms with Crippen molar-refractivity contribution in [3.05, 3.63) is 23.8 Å². The van der Waals surface area contributed by atoms with Crippen LogP contribution in [-0.4, -0.2) is 51.4 Å². The molecule has 0 atom stereocenters. The number of piperidine rings is 1. The number of amides is 1. The van der Waals surface area contributed by atoms with E-state index in [1.165, 1.54) is 17.7 Å². The molecule has 2 aliphatic rings. The molecule has 0 spiro atoms. The van der Waals surface area contributed by atoms with Crippen LogP contribution in [0.3, 0.4) is 0 Å². The van der Waals surface area contributed by atoms with E-state index < -0.39 is 10.0 Å². The van der Waals surface area contributed by atoms with Crippen LogP contribution in [0.15, 0.2) is 23.1 Å². The summed E-state index contributed by atoms with van der Waals surface area (Å²) in [4.78, 5) is 13.9. The minimum Gasteiger partial charge on any atom is -0.327 e. The predicted molar refractivity (Wildman–Crippen MR) is 97.2 cm³/mol. The van der Waals surface area contributed by atoms with Crippen LogP contribution < -0.4 is 10.2 Å². The highest BCUT2D eigenvalue weighted by Crippen LogP contribution is 2.25. The summed E-state index contributed by atoms with van der Waals surface area (Å²) in [6.45, 7) is 5.57. The zero-order valence-corrected chi connectivity index (χ0v) is 15.7. The fraction of sp³-hybridized carbons (Fsp3) is 0.611. The second-order valence-electron chi connectivity index (χ2n) is 7.12. The number of nitrogens with zero attached hydrogens (tertiary/aromatic N) is 1. The quantitative estimate of drug-likeness (QED) is 0.809. The Labute approximate surface area is 150 Å². The molecule has 0 unspecified atom stereocenters. The number of sulfonamides is 1. The van der Waals surface area contributed by atoms with E-state index in [0.29, 0.717) is 25.3 Å². The molecule has 1 amide bonds. The number of likely N-dealkylation sites (tertiary alicyclic amines) is 1. The summed E-state index contributed by atoms with van der Waals surface area (Å²) in [6, 6.07) is 5.02. The van der Waals surface area contributed by atoms with E-state index in [4.69, 9.17) is 0 Å². The van der Waals surface area contributed by atoms with Gasteiger partial charge < -0.3 is 10.2 Å². The normalized spacial score (nSPS) is 19.9. The molecule has 2 fully saturated rings. The fourth-order valence-electron chi connectivity index (χ4n) is 3.62. The molecule has 1 aromatic rings. The summed E-state index contributed by atoms with van der Waals surface area (Å²) in [5.41, 5.74) is 1.48. The molecule has 3 rings (SSSR count). The van der Waals surface area contributed by atoms with Gasteiger partial charge in [-0.3, -0.25) is 4.79 Å². The molecular weight excluding hydrogens is 338 g/mol. The van der Waals surface area contributed by atoms with Crippen LogP contribution >= 0.6 is 0 Å². The maximum atomic E-state index is 12.8. The van der Waals surface area contributed by atoms with Crippen LogP contribution in [0.2, 0.25) is 0 Å². The summed E-state index contributed by atoms with van der Waals surface area (Å²) < 4.78 is 27.2. The molecular formula is C18H28N3O3S+. The van der Waals surface area contributed by atoms with Gasteiger partial charge in [0.2, 0.25) is 10.0 Å². The van der Waals surface area contributed by atoms with E-state index in [1.807, 2.05) is 6.92 Å². The minimum atomic E-state index is -3.48. The molecule has 138 valence electrons. The number of hydrogen-bond donors (Lipinski definition) is 2. The van der Waals surface area contributed by atoms with Crippen molar-refractivity contribution >= 4 is 21.6 Å². The molecule has 1 aromatic carbocycles. The number of carbonyl (C=O) groups excluding carboxylic acids is 1. The van der Waals surface area contributed by atoms with Gasteiger partial charge in [-0.2, -0.15) is 4.31 Å². The number of anilines is 1. The lowest BCUT2D eigenvalue weighted by molar-refractivity contribution is -0.878. The number of carbonyl (C=O) groups is 1. The van der Waals surface area contributed by atoms with Crippen LogP contribution in [0.4, 0.5) is 5.69 Å². The number of quaternary nitrogens is 1. The largest absolute Gasteiger partial charge is 0.327 e. The molecule has 2 N–H and O–H groups in total. The van der Waals surface area contributed by atoms with Crippen molar-refractivity contribution in [3.63, 3.8) is 0 Å². The third-order valence-electron chi connectivity index (χ3n) is 5.16. The molecule has 0 radical (unpaired) electrons. The Bertz CT molecular complexity index is 721. The zero-order chi connectivity index (χ0) is 17.9. The number of hydrogen-bond acceptors (Lipinski definition) is 3. The molecule has 0 saturated carbocycles. The molecule has 6 nitrogen and oxygen atoms in total. The van der Waals surface area contributed by atoms with Gasteiger partial charge in [0.15, 0.2) is 6.54 Å². The molecule has 0 bridgehead atoms. The van der Waals surface area contributed by atoms with Crippen molar-refractivity contribution in [2.45, 2.75) is 43.9 Å². The van der Waals surface area contributed by atoms with Crippen molar-refractivity contribution in [3.8, 4) is 0 Å². The lowest BCUT2D eigenvalue weighted by Gasteiger charge is -2.26. The van der Waals surface area contributed by atoms with Crippen molar-refractivity contribution in [2.75, 3.05) is 38.0 Å². The maximum Gasteiger partial charge on any atom is 0.279 e. The number of benzene rings is 1. The van der Waals surface area contributed by atoms with Crippen LogP contribution in [-0.2, 0) is 14.8 Å². The summed E-state index contributed by atoms with van der Waals surface area (Å²) in [5.74, 6) is -0.0486. The summed E-state index contributed by atoms with van der Waals surface area (Å²) in [6.07, 6.45) is 5.25. The van der Waals surface area contributed by atoms with E-state index in [9.17, 15) is 13.2 Å². The average molecular weight is 367 g/mol. The summed E-state index contributed by atoms with van der Waals surface area (Å²) in [5, 5.41) is 2.91. The Morgan fingerprint density at radius 3 is 2.48 bits per heavy atom. The van der Waals surface area contributed by atoms with Gasteiger partial charge in [0, 0.05) is 31.6 Å². The Kier molecular flexibility index (Phi) is 5.76. The predicted octanol–water partition coefficient (Wildman–Crippen LogP) is 0.787. The second kappa shape index (κ2) is 7.85. The molecule has 2 heterocycles. The lowest BCUT2D eigenvalue weighted by atomic mass is 10.2. The van der Waals surface area contributed by atoms with Crippen molar-refractivity contribution < 1.29 is 18.1 Å². The Morgan fingerprint density at radius 2 is 1.80 bits per heavy atom. The zero-order valence-electron chi connectivity index (χ0n) is 14.9. The van der Waals surface area contributed by atoms with E-state index in [2.05, 4.69) is 5.32 Å². The number of aryl methyl sites for hydroxylation is 1. The van der Waals surface area contributed by atoms with Crippen molar-refractivity contribution in [1.29, 1.82) is 0 Å². The van der Waals surface area contributed by atoms with Gasteiger partial charge in [-0.1, -0.05) is 12.5 Å². The summed E-state index contributed by atoms with van der Waals surface area (Å²) >= 11 is 0. The average Bonchev–Trinajstić information content (AvgIpc) is 3.10. The van der Waals surface area contributed by atoms with Crippen molar-refractivity contribution in [2.24, 2.45) is 0 Å². The fourth-order valence-corrected chi connectivity index (χ4v) is 5.17. The van der Waals surface area contributed by atoms with Gasteiger partial charge in [0.25, 0.3) is 5.91 Å². The topological polar surface area (TPSA) is 70.9 Å². The monoisotopic (exact) mass is 366 g/mol. The molecule has 0 aromatic heterocycles. The van der Waals surface area contributed by atoms with Crippen LogP contribution in [0.25, 0.3) is 0 Å². The third-order valence-corrected chi connectivity index (χ3v) is 7.05. The highest BCUT2D eigenvalue weighted by atomic mass is 32.2.